The first-order valence-electron chi connectivity index (χ1n) is 6.66. The van der Waals surface area contributed by atoms with Gasteiger partial charge in [0.1, 0.15) is 5.75 Å². The van der Waals surface area contributed by atoms with Crippen LogP contribution in [0.1, 0.15) is 23.1 Å². The fourth-order valence-electron chi connectivity index (χ4n) is 2.82. The predicted octanol–water partition coefficient (Wildman–Crippen LogP) is 3.54. The van der Waals surface area contributed by atoms with Crippen LogP contribution in [-0.2, 0) is 0 Å². The van der Waals surface area contributed by atoms with Crippen LogP contribution in [0.3, 0.4) is 0 Å². The summed E-state index contributed by atoms with van der Waals surface area (Å²) in [5, 5.41) is 2.98. The van der Waals surface area contributed by atoms with Gasteiger partial charge in [-0.05, 0) is 19.2 Å². The number of rotatable bonds is 3. The minimum absolute atomic E-state index is 0.0988. The van der Waals surface area contributed by atoms with Crippen molar-refractivity contribution in [2.45, 2.75) is 12.0 Å². The summed E-state index contributed by atoms with van der Waals surface area (Å²) in [6.45, 7) is 0.364. The summed E-state index contributed by atoms with van der Waals surface area (Å²) >= 11 is 0. The van der Waals surface area contributed by atoms with Gasteiger partial charge in [-0.3, -0.25) is 0 Å². The minimum atomic E-state index is -1.44. The van der Waals surface area contributed by atoms with Crippen molar-refractivity contribution in [2.24, 2.45) is 0 Å². The Balaban J connectivity index is 2.03. The van der Waals surface area contributed by atoms with E-state index in [0.717, 1.165) is 17.4 Å². The third-order valence-electron chi connectivity index (χ3n) is 3.85. The van der Waals surface area contributed by atoms with E-state index in [2.05, 4.69) is 5.32 Å². The van der Waals surface area contributed by atoms with Crippen LogP contribution in [0.15, 0.2) is 36.4 Å². The van der Waals surface area contributed by atoms with Gasteiger partial charge in [0, 0.05) is 23.1 Å². The van der Waals surface area contributed by atoms with E-state index in [1.54, 1.807) is 7.05 Å². The van der Waals surface area contributed by atoms with Crippen molar-refractivity contribution in [2.75, 3.05) is 13.7 Å². The second-order valence-corrected chi connectivity index (χ2v) is 4.99. The van der Waals surface area contributed by atoms with Crippen LogP contribution in [0.5, 0.6) is 5.75 Å². The van der Waals surface area contributed by atoms with Gasteiger partial charge in [0.2, 0.25) is 0 Å². The molecule has 110 valence electrons. The lowest BCUT2D eigenvalue weighted by molar-refractivity contribution is 0.300. The normalized spacial score (nSPS) is 18.2. The Kier molecular flexibility index (Phi) is 3.59. The topological polar surface area (TPSA) is 21.3 Å². The van der Waals surface area contributed by atoms with Gasteiger partial charge in [-0.2, -0.15) is 0 Å². The molecule has 0 aliphatic carbocycles. The highest BCUT2D eigenvalue weighted by atomic mass is 19.2. The highest BCUT2D eigenvalue weighted by Crippen LogP contribution is 2.41. The molecule has 5 heteroatoms. The van der Waals surface area contributed by atoms with Crippen molar-refractivity contribution in [1.29, 1.82) is 0 Å². The second kappa shape index (κ2) is 5.41. The maximum absolute atomic E-state index is 14.0. The molecule has 1 aliphatic heterocycles. The smallest absolute Gasteiger partial charge is 0.194 e. The van der Waals surface area contributed by atoms with E-state index in [9.17, 15) is 13.2 Å². The first-order valence-corrected chi connectivity index (χ1v) is 6.66. The standard InChI is InChI=1S/C16H14F3NO/c1-20-16(10-6-7-12(17)15(19)14(10)18)11-8-21-13-5-3-2-4-9(11)13/h2-7,11,16,20H,8H2,1H3. The Bertz CT molecular complexity index is 675. The Morgan fingerprint density at radius 1 is 1.10 bits per heavy atom. The molecule has 0 amide bonds. The van der Waals surface area contributed by atoms with Gasteiger partial charge in [-0.1, -0.05) is 24.3 Å². The maximum Gasteiger partial charge on any atom is 0.194 e. The Morgan fingerprint density at radius 3 is 2.62 bits per heavy atom. The average molecular weight is 293 g/mol. The number of hydrogen-bond acceptors (Lipinski definition) is 2. The number of ether oxygens (including phenoxy) is 1. The van der Waals surface area contributed by atoms with Gasteiger partial charge in [-0.15, -0.1) is 0 Å². The number of fused-ring (bicyclic) bond motifs is 1. The van der Waals surface area contributed by atoms with Crippen LogP contribution in [0, 0.1) is 17.5 Å². The van der Waals surface area contributed by atoms with Gasteiger partial charge in [0.25, 0.3) is 0 Å². The van der Waals surface area contributed by atoms with Crippen LogP contribution in [0.2, 0.25) is 0 Å². The van der Waals surface area contributed by atoms with Crippen LogP contribution in [0.25, 0.3) is 0 Å². The molecule has 0 spiro atoms. The molecule has 3 rings (SSSR count). The Labute approximate surface area is 120 Å². The Morgan fingerprint density at radius 2 is 1.86 bits per heavy atom. The number of likely N-dealkylation sites (N-methyl/N-ethyl adjacent to an activating group) is 1. The van der Waals surface area contributed by atoms with E-state index in [1.807, 2.05) is 24.3 Å². The van der Waals surface area contributed by atoms with Crippen LogP contribution in [-0.4, -0.2) is 13.7 Å². The van der Waals surface area contributed by atoms with Crippen molar-refractivity contribution in [1.82, 2.24) is 5.32 Å². The molecule has 1 aliphatic rings. The van der Waals surface area contributed by atoms with Crippen LogP contribution < -0.4 is 10.1 Å². The summed E-state index contributed by atoms with van der Waals surface area (Å²) in [5.74, 6) is -3.20. The fourth-order valence-corrected chi connectivity index (χ4v) is 2.82. The van der Waals surface area contributed by atoms with Gasteiger partial charge >= 0.3 is 0 Å². The molecule has 1 heterocycles. The monoisotopic (exact) mass is 293 g/mol. The molecule has 2 nitrogen and oxygen atoms in total. The van der Waals surface area contributed by atoms with E-state index in [-0.39, 0.29) is 11.5 Å². The van der Waals surface area contributed by atoms with E-state index in [4.69, 9.17) is 4.74 Å². The molecule has 1 N–H and O–H groups in total. The number of halogens is 3. The molecule has 2 aromatic rings. The highest BCUT2D eigenvalue weighted by Gasteiger charge is 2.33. The summed E-state index contributed by atoms with van der Waals surface area (Å²) < 4.78 is 46.2. The van der Waals surface area contributed by atoms with Crippen molar-refractivity contribution >= 4 is 0 Å². The fraction of sp³-hybridized carbons (Fsp3) is 0.250. The van der Waals surface area contributed by atoms with Crippen LogP contribution in [0.4, 0.5) is 13.2 Å². The van der Waals surface area contributed by atoms with Crippen molar-refractivity contribution in [3.8, 4) is 5.75 Å². The average Bonchev–Trinajstić information content (AvgIpc) is 2.92. The van der Waals surface area contributed by atoms with Gasteiger partial charge in [0.05, 0.1) is 6.61 Å². The predicted molar refractivity (Wildman–Crippen MR) is 72.8 cm³/mol. The minimum Gasteiger partial charge on any atom is -0.493 e. The molecule has 2 aromatic carbocycles. The number of hydrogen-bond donors (Lipinski definition) is 1. The molecular formula is C16H14F3NO. The highest BCUT2D eigenvalue weighted by molar-refractivity contribution is 5.42. The van der Waals surface area contributed by atoms with E-state index < -0.39 is 23.5 Å². The SMILES string of the molecule is CNC(c1ccc(F)c(F)c1F)C1COc2ccccc21. The summed E-state index contributed by atoms with van der Waals surface area (Å²) in [5.41, 5.74) is 1.03. The zero-order valence-electron chi connectivity index (χ0n) is 11.4. The lowest BCUT2D eigenvalue weighted by atomic mass is 9.88. The molecule has 2 unspecified atom stereocenters. The first-order chi connectivity index (χ1) is 10.1. The largest absolute Gasteiger partial charge is 0.493 e. The Hall–Kier alpha value is -2.01. The number of para-hydroxylation sites is 1. The second-order valence-electron chi connectivity index (χ2n) is 4.99. The summed E-state index contributed by atoms with van der Waals surface area (Å²) in [6.07, 6.45) is 0. The number of nitrogens with one attached hydrogen (secondary N) is 1. The first kappa shape index (κ1) is 13.9. The maximum atomic E-state index is 14.0. The zero-order chi connectivity index (χ0) is 15.0. The lowest BCUT2D eigenvalue weighted by Crippen LogP contribution is -2.26. The molecular weight excluding hydrogens is 279 g/mol. The van der Waals surface area contributed by atoms with Gasteiger partial charge in [-0.25, -0.2) is 13.2 Å². The van der Waals surface area contributed by atoms with Gasteiger partial charge in [0.15, 0.2) is 17.5 Å². The van der Waals surface area contributed by atoms with Crippen molar-refractivity contribution in [3.63, 3.8) is 0 Å². The molecule has 2 atom stereocenters. The summed E-state index contributed by atoms with van der Waals surface area (Å²) in [7, 11) is 1.66. The molecule has 0 saturated heterocycles. The van der Waals surface area contributed by atoms with E-state index >= 15 is 0 Å². The van der Waals surface area contributed by atoms with E-state index in [1.165, 1.54) is 6.07 Å². The third-order valence-corrected chi connectivity index (χ3v) is 3.85. The third kappa shape index (κ3) is 2.27. The molecule has 0 aromatic heterocycles. The molecule has 21 heavy (non-hydrogen) atoms. The molecule has 0 radical (unpaired) electrons. The molecule has 0 bridgehead atoms. The van der Waals surface area contributed by atoms with Crippen LogP contribution >= 0.6 is 0 Å². The van der Waals surface area contributed by atoms with E-state index in [0.29, 0.717) is 6.61 Å². The number of benzene rings is 2. The van der Waals surface area contributed by atoms with Crippen molar-refractivity contribution < 1.29 is 17.9 Å². The van der Waals surface area contributed by atoms with Gasteiger partial charge < -0.3 is 10.1 Å². The zero-order valence-corrected chi connectivity index (χ0v) is 11.4. The molecule has 0 fully saturated rings. The summed E-state index contributed by atoms with van der Waals surface area (Å²) in [6, 6.07) is 9.18. The molecule has 0 saturated carbocycles. The summed E-state index contributed by atoms with van der Waals surface area (Å²) in [4.78, 5) is 0. The lowest BCUT2D eigenvalue weighted by Gasteiger charge is -2.23. The van der Waals surface area contributed by atoms with Crippen molar-refractivity contribution in [3.05, 3.63) is 65.0 Å². The quantitative estimate of drug-likeness (QED) is 0.874.